The topological polar surface area (TPSA) is 77.0 Å². The van der Waals surface area contributed by atoms with Gasteiger partial charge in [-0.3, -0.25) is 4.79 Å². The van der Waals surface area contributed by atoms with Gasteiger partial charge in [-0.25, -0.2) is 9.97 Å². The zero-order valence-electron chi connectivity index (χ0n) is 12.8. The number of nitrogens with two attached hydrogens (primary N) is 1. The number of amides is 1. The van der Waals surface area contributed by atoms with E-state index in [9.17, 15) is 4.79 Å². The van der Waals surface area contributed by atoms with E-state index in [0.717, 1.165) is 24.5 Å². The van der Waals surface area contributed by atoms with Crippen molar-refractivity contribution in [3.05, 3.63) is 30.7 Å². The smallest absolute Gasteiger partial charge is 0.223 e. The lowest BCUT2D eigenvalue weighted by Crippen LogP contribution is -2.27. The highest BCUT2D eigenvalue weighted by Gasteiger charge is 2.39. The maximum atomic E-state index is 12.1. The first kappa shape index (κ1) is 15.8. The monoisotopic (exact) mass is 333 g/mol. The van der Waals surface area contributed by atoms with Crippen LogP contribution in [0.1, 0.15) is 19.3 Å². The normalized spacial score (nSPS) is 20.6. The van der Waals surface area contributed by atoms with E-state index in [4.69, 9.17) is 5.73 Å². The number of likely N-dealkylation sites (tertiary alicyclic amines) is 1. The molecule has 0 aromatic carbocycles. The molecule has 4 rings (SSSR count). The van der Waals surface area contributed by atoms with Crippen LogP contribution in [0.5, 0.6) is 0 Å². The minimum absolute atomic E-state index is 0. The maximum Gasteiger partial charge on any atom is 0.223 e. The Balaban J connectivity index is 0.00000156. The van der Waals surface area contributed by atoms with Gasteiger partial charge in [0.1, 0.15) is 11.6 Å². The summed E-state index contributed by atoms with van der Waals surface area (Å²) < 4.78 is 2.11. The van der Waals surface area contributed by atoms with Crippen molar-refractivity contribution >= 4 is 24.1 Å². The minimum atomic E-state index is 0. The van der Waals surface area contributed by atoms with Gasteiger partial charge in [0.05, 0.1) is 0 Å². The summed E-state index contributed by atoms with van der Waals surface area (Å²) >= 11 is 0. The molecule has 2 aromatic rings. The van der Waals surface area contributed by atoms with Crippen LogP contribution < -0.4 is 5.73 Å². The van der Waals surface area contributed by atoms with Gasteiger partial charge >= 0.3 is 0 Å². The number of carbonyl (C=O) groups is 1. The molecule has 6 nitrogen and oxygen atoms in total. The summed E-state index contributed by atoms with van der Waals surface area (Å²) in [6, 6.07) is 4.25. The van der Waals surface area contributed by atoms with Crippen LogP contribution in [0.15, 0.2) is 30.7 Å². The fraction of sp³-hybridized carbons (Fsp3) is 0.438. The molecule has 2 fully saturated rings. The summed E-state index contributed by atoms with van der Waals surface area (Å²) in [6.07, 6.45) is 8.44. The Morgan fingerprint density at radius 3 is 2.83 bits per heavy atom. The number of rotatable bonds is 4. The van der Waals surface area contributed by atoms with Crippen LogP contribution in [-0.2, 0) is 11.3 Å². The molecule has 2 N–H and O–H groups in total. The van der Waals surface area contributed by atoms with E-state index in [1.54, 1.807) is 12.4 Å². The van der Waals surface area contributed by atoms with E-state index >= 15 is 0 Å². The summed E-state index contributed by atoms with van der Waals surface area (Å²) in [5.41, 5.74) is 6.71. The predicted octanol–water partition coefficient (Wildman–Crippen LogP) is 1.96. The van der Waals surface area contributed by atoms with Crippen molar-refractivity contribution in [2.24, 2.45) is 5.92 Å². The van der Waals surface area contributed by atoms with E-state index in [-0.39, 0.29) is 12.4 Å². The van der Waals surface area contributed by atoms with E-state index < -0.39 is 0 Å². The molecular formula is C16H20ClN5O. The van der Waals surface area contributed by atoms with Crippen LogP contribution in [0.25, 0.3) is 11.4 Å². The molecule has 1 amide bonds. The molecule has 1 aliphatic carbocycles. The first-order valence-electron chi connectivity index (χ1n) is 7.73. The molecule has 122 valence electrons. The molecule has 0 spiro atoms. The molecule has 23 heavy (non-hydrogen) atoms. The Kier molecular flexibility index (Phi) is 4.26. The van der Waals surface area contributed by atoms with Gasteiger partial charge in [0, 0.05) is 55.6 Å². The Bertz CT molecular complexity index is 712. The van der Waals surface area contributed by atoms with E-state index in [1.165, 1.54) is 12.8 Å². The SMILES string of the molecule is Cl.Nc1cc(-c2nccn2CC2CC(=O)N(C3CC3)C2)ccn1. The first-order chi connectivity index (χ1) is 10.7. The molecule has 1 aliphatic heterocycles. The number of anilines is 1. The summed E-state index contributed by atoms with van der Waals surface area (Å²) in [5.74, 6) is 2.04. The third kappa shape index (κ3) is 3.17. The largest absolute Gasteiger partial charge is 0.384 e. The molecule has 3 heterocycles. The highest BCUT2D eigenvalue weighted by atomic mass is 35.5. The molecule has 0 bridgehead atoms. The molecule has 1 atom stereocenters. The zero-order chi connectivity index (χ0) is 15.1. The molecule has 0 radical (unpaired) electrons. The summed E-state index contributed by atoms with van der Waals surface area (Å²) in [6.45, 7) is 1.69. The van der Waals surface area contributed by atoms with Gasteiger partial charge in [-0.1, -0.05) is 0 Å². The fourth-order valence-corrected chi connectivity index (χ4v) is 3.25. The van der Waals surface area contributed by atoms with Crippen LogP contribution in [0.4, 0.5) is 5.82 Å². The number of nitrogens with zero attached hydrogens (tertiary/aromatic N) is 4. The Labute approximate surface area is 141 Å². The third-order valence-electron chi connectivity index (χ3n) is 4.44. The average molecular weight is 334 g/mol. The number of pyridine rings is 1. The lowest BCUT2D eigenvalue weighted by atomic mass is 10.1. The highest BCUT2D eigenvalue weighted by molar-refractivity contribution is 5.85. The fourth-order valence-electron chi connectivity index (χ4n) is 3.25. The molecule has 7 heteroatoms. The van der Waals surface area contributed by atoms with Crippen LogP contribution in [0.2, 0.25) is 0 Å². The van der Waals surface area contributed by atoms with Gasteiger partial charge in [0.25, 0.3) is 0 Å². The van der Waals surface area contributed by atoms with Gasteiger partial charge in [-0.2, -0.15) is 0 Å². The van der Waals surface area contributed by atoms with E-state index in [0.29, 0.717) is 30.1 Å². The Morgan fingerprint density at radius 2 is 2.09 bits per heavy atom. The predicted molar refractivity (Wildman–Crippen MR) is 90.0 cm³/mol. The molecule has 1 saturated carbocycles. The number of imidazole rings is 1. The first-order valence-corrected chi connectivity index (χ1v) is 7.73. The lowest BCUT2D eigenvalue weighted by Gasteiger charge is -2.16. The molecule has 2 aromatic heterocycles. The Hall–Kier alpha value is -2.08. The average Bonchev–Trinajstić information content (AvgIpc) is 3.12. The van der Waals surface area contributed by atoms with Gasteiger partial charge < -0.3 is 15.2 Å². The number of aromatic nitrogens is 3. The minimum Gasteiger partial charge on any atom is -0.384 e. The van der Waals surface area contributed by atoms with Gasteiger partial charge in [0.15, 0.2) is 0 Å². The van der Waals surface area contributed by atoms with Gasteiger partial charge in [-0.15, -0.1) is 12.4 Å². The Morgan fingerprint density at radius 1 is 1.26 bits per heavy atom. The zero-order valence-corrected chi connectivity index (χ0v) is 13.6. The second kappa shape index (κ2) is 6.20. The van der Waals surface area contributed by atoms with Crippen molar-refractivity contribution in [3.63, 3.8) is 0 Å². The number of halogens is 1. The van der Waals surface area contributed by atoms with Crippen molar-refractivity contribution in [1.82, 2.24) is 19.4 Å². The molecule has 1 saturated heterocycles. The van der Waals surface area contributed by atoms with E-state index in [1.807, 2.05) is 18.3 Å². The van der Waals surface area contributed by atoms with Crippen LogP contribution >= 0.6 is 12.4 Å². The van der Waals surface area contributed by atoms with Crippen LogP contribution in [0, 0.1) is 5.92 Å². The van der Waals surface area contributed by atoms with Crippen molar-refractivity contribution in [2.45, 2.75) is 31.8 Å². The standard InChI is InChI=1S/C16H19N5O.ClH/c17-14-8-12(3-4-18-14)16-19-5-6-20(16)9-11-7-15(22)21(10-11)13-1-2-13;/h3-6,8,11,13H,1-2,7,9-10H2,(H2,17,18);1H. The maximum absolute atomic E-state index is 12.1. The van der Waals surface area contributed by atoms with Crippen molar-refractivity contribution in [3.8, 4) is 11.4 Å². The third-order valence-corrected chi connectivity index (χ3v) is 4.44. The van der Waals surface area contributed by atoms with Gasteiger partial charge in [0.2, 0.25) is 5.91 Å². The summed E-state index contributed by atoms with van der Waals surface area (Å²) in [4.78, 5) is 22.6. The number of carbonyl (C=O) groups excluding carboxylic acids is 1. The lowest BCUT2D eigenvalue weighted by molar-refractivity contribution is -0.128. The number of hydrogen-bond acceptors (Lipinski definition) is 4. The second-order valence-electron chi connectivity index (χ2n) is 6.22. The van der Waals surface area contributed by atoms with Crippen LogP contribution in [0.3, 0.4) is 0 Å². The van der Waals surface area contributed by atoms with Crippen molar-refractivity contribution in [2.75, 3.05) is 12.3 Å². The number of hydrogen-bond donors (Lipinski definition) is 1. The number of nitrogen functional groups attached to an aromatic ring is 1. The highest BCUT2D eigenvalue weighted by Crippen LogP contribution is 2.33. The molecule has 1 unspecified atom stereocenters. The van der Waals surface area contributed by atoms with Gasteiger partial charge in [-0.05, 0) is 25.0 Å². The molecule has 2 aliphatic rings. The van der Waals surface area contributed by atoms with Crippen LogP contribution in [-0.4, -0.2) is 37.9 Å². The van der Waals surface area contributed by atoms with Crippen molar-refractivity contribution in [1.29, 1.82) is 0 Å². The quantitative estimate of drug-likeness (QED) is 0.927. The van der Waals surface area contributed by atoms with E-state index in [2.05, 4.69) is 19.4 Å². The summed E-state index contributed by atoms with van der Waals surface area (Å²) in [5, 5.41) is 0. The summed E-state index contributed by atoms with van der Waals surface area (Å²) in [7, 11) is 0. The molecular weight excluding hydrogens is 314 g/mol. The van der Waals surface area contributed by atoms with Crippen molar-refractivity contribution < 1.29 is 4.79 Å². The second-order valence-corrected chi connectivity index (χ2v) is 6.22.